The number of carboxylic acid groups (broad SMARTS) is 1. The van der Waals surface area contributed by atoms with Crippen LogP contribution in [0.5, 0.6) is 0 Å². The Hall–Kier alpha value is -2.60. The molecule has 1 aromatic carbocycles. The SMILES string of the molecule is Nc1nc2ccccc2c2c1nc(CN1CCCS1(O)O)n2CCNC(=O)O. The largest absolute Gasteiger partial charge is 0.465 e. The number of hydrogen-bond acceptors (Lipinski definition) is 7. The van der Waals surface area contributed by atoms with Crippen LogP contribution in [0, 0.1) is 0 Å². The molecule has 6 N–H and O–H groups in total. The summed E-state index contributed by atoms with van der Waals surface area (Å²) in [7, 11) is -2.80. The van der Waals surface area contributed by atoms with Gasteiger partial charge in [-0.05, 0) is 12.5 Å². The molecular weight excluding hydrogens is 384 g/mol. The van der Waals surface area contributed by atoms with Crippen molar-refractivity contribution in [3.63, 3.8) is 0 Å². The average Bonchev–Trinajstić information content (AvgIpc) is 3.16. The molecule has 1 aliphatic rings. The van der Waals surface area contributed by atoms with Gasteiger partial charge in [0.15, 0.2) is 5.82 Å². The van der Waals surface area contributed by atoms with Crippen LogP contribution in [0.3, 0.4) is 0 Å². The Labute approximate surface area is 162 Å². The Bertz CT molecular complexity index is 1050. The van der Waals surface area contributed by atoms with Crippen molar-refractivity contribution in [3.8, 4) is 0 Å². The average molecular weight is 406 g/mol. The van der Waals surface area contributed by atoms with E-state index in [1.807, 2.05) is 28.8 Å². The summed E-state index contributed by atoms with van der Waals surface area (Å²) in [5, 5.41) is 12.1. The summed E-state index contributed by atoms with van der Waals surface area (Å²) >= 11 is 0. The maximum atomic E-state index is 10.9. The number of para-hydroxylation sites is 1. The Morgan fingerprint density at radius 1 is 1.29 bits per heavy atom. The van der Waals surface area contributed by atoms with Crippen molar-refractivity contribution in [2.45, 2.75) is 19.5 Å². The Balaban J connectivity index is 1.84. The molecule has 28 heavy (non-hydrogen) atoms. The van der Waals surface area contributed by atoms with Gasteiger partial charge >= 0.3 is 6.09 Å². The van der Waals surface area contributed by atoms with Gasteiger partial charge in [0.05, 0.1) is 23.3 Å². The summed E-state index contributed by atoms with van der Waals surface area (Å²) in [6.07, 6.45) is -0.402. The first kappa shape index (κ1) is 18.7. The molecule has 0 atom stereocenters. The van der Waals surface area contributed by atoms with Gasteiger partial charge in [0.1, 0.15) is 11.3 Å². The van der Waals surface area contributed by atoms with Crippen molar-refractivity contribution in [3.05, 3.63) is 30.1 Å². The maximum Gasteiger partial charge on any atom is 0.404 e. The molecule has 3 heterocycles. The van der Waals surface area contributed by atoms with Crippen LogP contribution in [-0.4, -0.2) is 58.0 Å². The lowest BCUT2D eigenvalue weighted by Gasteiger charge is -2.36. The highest BCUT2D eigenvalue weighted by Crippen LogP contribution is 2.49. The fourth-order valence-electron chi connectivity index (χ4n) is 3.59. The van der Waals surface area contributed by atoms with Gasteiger partial charge < -0.3 is 20.7 Å². The van der Waals surface area contributed by atoms with Gasteiger partial charge in [-0.15, -0.1) is 10.8 Å². The van der Waals surface area contributed by atoms with E-state index in [4.69, 9.17) is 10.8 Å². The van der Waals surface area contributed by atoms with Gasteiger partial charge in [0.25, 0.3) is 0 Å². The fraction of sp³-hybridized carbons (Fsp3) is 0.353. The van der Waals surface area contributed by atoms with Crippen LogP contribution in [0.25, 0.3) is 21.9 Å². The van der Waals surface area contributed by atoms with Gasteiger partial charge in [0.2, 0.25) is 0 Å². The quantitative estimate of drug-likeness (QED) is 0.433. The molecule has 1 fully saturated rings. The van der Waals surface area contributed by atoms with Crippen LogP contribution in [-0.2, 0) is 13.1 Å². The topological polar surface area (TPSA) is 150 Å². The number of nitrogen functional groups attached to an aromatic ring is 1. The van der Waals surface area contributed by atoms with Gasteiger partial charge in [0, 0.05) is 25.0 Å². The van der Waals surface area contributed by atoms with E-state index in [2.05, 4.69) is 15.3 Å². The Morgan fingerprint density at radius 2 is 2.07 bits per heavy atom. The number of nitrogens with zero attached hydrogens (tertiary/aromatic N) is 4. The van der Waals surface area contributed by atoms with Crippen LogP contribution < -0.4 is 11.1 Å². The number of nitrogens with two attached hydrogens (primary N) is 1. The third-order valence-corrected chi connectivity index (χ3v) is 6.83. The normalized spacial score (nSPS) is 17.9. The minimum atomic E-state index is -2.80. The molecule has 4 rings (SSSR count). The van der Waals surface area contributed by atoms with Crippen molar-refractivity contribution in [1.29, 1.82) is 0 Å². The summed E-state index contributed by atoms with van der Waals surface area (Å²) in [5.74, 6) is 1.22. The molecule has 2 aromatic heterocycles. The fourth-order valence-corrected chi connectivity index (χ4v) is 5.11. The zero-order chi connectivity index (χ0) is 19.9. The maximum absolute atomic E-state index is 10.9. The number of nitrogens with one attached hydrogen (secondary N) is 1. The summed E-state index contributed by atoms with van der Waals surface area (Å²) in [5.41, 5.74) is 8.15. The highest BCUT2D eigenvalue weighted by Gasteiger charge is 2.30. The molecule has 1 amide bonds. The standard InChI is InChI=1S/C17H22N6O4S/c18-16-14-15(11-4-1-2-5-12(11)20-16)23(8-6-19-17(24)25)13(21-14)10-22-7-3-9-28(22,26)27/h1-2,4-5,19,26-27H,3,6-10H2,(H2,18,20)(H,24,25). The van der Waals surface area contributed by atoms with Crippen LogP contribution in [0.4, 0.5) is 10.6 Å². The molecule has 0 bridgehead atoms. The first-order valence-corrected chi connectivity index (χ1v) is 10.6. The molecular formula is C17H22N6O4S. The van der Waals surface area contributed by atoms with Crippen molar-refractivity contribution < 1.29 is 19.0 Å². The molecule has 0 unspecified atom stereocenters. The number of amides is 1. The van der Waals surface area contributed by atoms with E-state index >= 15 is 0 Å². The second kappa shape index (κ2) is 7.09. The van der Waals surface area contributed by atoms with Crippen LogP contribution in [0.15, 0.2) is 24.3 Å². The van der Waals surface area contributed by atoms with Crippen molar-refractivity contribution >= 4 is 44.6 Å². The minimum absolute atomic E-state index is 0.181. The smallest absolute Gasteiger partial charge is 0.404 e. The lowest BCUT2D eigenvalue weighted by molar-refractivity contribution is 0.194. The van der Waals surface area contributed by atoms with Crippen LogP contribution >= 0.6 is 10.8 Å². The van der Waals surface area contributed by atoms with Crippen molar-refractivity contribution in [1.82, 2.24) is 24.2 Å². The number of hydrogen-bond donors (Lipinski definition) is 5. The highest BCUT2D eigenvalue weighted by molar-refractivity contribution is 8.22. The van der Waals surface area contributed by atoms with E-state index in [9.17, 15) is 13.9 Å². The first-order valence-electron chi connectivity index (χ1n) is 8.88. The number of imidazole rings is 1. The second-order valence-corrected chi connectivity index (χ2v) is 8.87. The second-order valence-electron chi connectivity index (χ2n) is 6.68. The number of benzene rings is 1. The Kier molecular flexibility index (Phi) is 4.75. The summed E-state index contributed by atoms with van der Waals surface area (Å²) < 4.78 is 24.0. The molecule has 0 spiro atoms. The summed E-state index contributed by atoms with van der Waals surface area (Å²) in [6, 6.07) is 7.53. The molecule has 0 saturated carbocycles. The van der Waals surface area contributed by atoms with Gasteiger partial charge in [-0.25, -0.2) is 14.8 Å². The number of rotatable bonds is 5. The van der Waals surface area contributed by atoms with Gasteiger partial charge in [-0.1, -0.05) is 18.2 Å². The third kappa shape index (κ3) is 3.33. The van der Waals surface area contributed by atoms with E-state index in [0.29, 0.717) is 36.6 Å². The zero-order valence-corrected chi connectivity index (χ0v) is 15.9. The minimum Gasteiger partial charge on any atom is -0.465 e. The first-order chi connectivity index (χ1) is 13.4. The lowest BCUT2D eigenvalue weighted by Crippen LogP contribution is -2.28. The van der Waals surface area contributed by atoms with Crippen LogP contribution in [0.2, 0.25) is 0 Å². The predicted molar refractivity (Wildman–Crippen MR) is 108 cm³/mol. The summed E-state index contributed by atoms with van der Waals surface area (Å²) in [6.45, 7) is 1.31. The Morgan fingerprint density at radius 3 is 2.79 bits per heavy atom. The van der Waals surface area contributed by atoms with Crippen molar-refractivity contribution in [2.24, 2.45) is 0 Å². The molecule has 10 nitrogen and oxygen atoms in total. The molecule has 150 valence electrons. The van der Waals surface area contributed by atoms with E-state index < -0.39 is 16.9 Å². The number of anilines is 1. The predicted octanol–water partition coefficient (Wildman–Crippen LogP) is 2.31. The third-order valence-electron chi connectivity index (χ3n) is 4.86. The zero-order valence-electron chi connectivity index (χ0n) is 15.1. The van der Waals surface area contributed by atoms with Gasteiger partial charge in [-0.2, -0.15) is 4.31 Å². The summed E-state index contributed by atoms with van der Waals surface area (Å²) in [4.78, 5) is 19.9. The monoisotopic (exact) mass is 406 g/mol. The molecule has 3 aromatic rings. The van der Waals surface area contributed by atoms with E-state index in [1.54, 1.807) is 4.31 Å². The van der Waals surface area contributed by atoms with E-state index in [-0.39, 0.29) is 18.9 Å². The number of carbonyl (C=O) groups is 1. The molecule has 1 saturated heterocycles. The molecule has 0 aliphatic carbocycles. The number of aromatic nitrogens is 3. The van der Waals surface area contributed by atoms with E-state index in [1.165, 1.54) is 0 Å². The lowest BCUT2D eigenvalue weighted by atomic mass is 10.2. The van der Waals surface area contributed by atoms with Crippen LogP contribution in [0.1, 0.15) is 12.2 Å². The van der Waals surface area contributed by atoms with Crippen molar-refractivity contribution in [2.75, 3.05) is 24.6 Å². The molecule has 0 radical (unpaired) electrons. The number of fused-ring (bicyclic) bond motifs is 3. The molecule has 1 aliphatic heterocycles. The van der Waals surface area contributed by atoms with Gasteiger partial charge in [-0.3, -0.25) is 9.11 Å². The highest BCUT2D eigenvalue weighted by atomic mass is 32.3. The van der Waals surface area contributed by atoms with E-state index in [0.717, 1.165) is 16.4 Å². The molecule has 11 heteroatoms. The number of pyridine rings is 1.